The molecule has 1 aromatic carbocycles. The minimum absolute atomic E-state index is 0.0357. The molecule has 114 valence electrons. The first-order chi connectivity index (χ1) is 10.0. The van der Waals surface area contributed by atoms with Gasteiger partial charge in [-0.2, -0.15) is 0 Å². The van der Waals surface area contributed by atoms with Gasteiger partial charge in [-0.25, -0.2) is 17.8 Å². The summed E-state index contributed by atoms with van der Waals surface area (Å²) in [5.41, 5.74) is 0.0357. The molecule has 1 saturated heterocycles. The number of sulfonamides is 1. The predicted molar refractivity (Wildman–Crippen MR) is 76.1 cm³/mol. The third kappa shape index (κ3) is 4.25. The van der Waals surface area contributed by atoms with Crippen LogP contribution in [0.3, 0.4) is 0 Å². The molecule has 21 heavy (non-hydrogen) atoms. The van der Waals surface area contributed by atoms with E-state index in [0.29, 0.717) is 13.1 Å². The van der Waals surface area contributed by atoms with Crippen molar-refractivity contribution in [3.8, 4) is 11.8 Å². The van der Waals surface area contributed by atoms with Crippen molar-refractivity contribution in [2.45, 2.75) is 24.2 Å². The van der Waals surface area contributed by atoms with Gasteiger partial charge in [0.2, 0.25) is 0 Å². The van der Waals surface area contributed by atoms with Crippen LogP contribution < -0.4 is 4.83 Å². The van der Waals surface area contributed by atoms with Gasteiger partial charge in [-0.05, 0) is 31.0 Å². The number of aliphatic hydroxyl groups is 1. The van der Waals surface area contributed by atoms with E-state index < -0.39 is 22.4 Å². The second kappa shape index (κ2) is 7.00. The van der Waals surface area contributed by atoms with Crippen LogP contribution in [-0.4, -0.2) is 38.2 Å². The molecule has 0 aliphatic carbocycles. The maximum absolute atomic E-state index is 13.3. The molecular weight excluding hydrogens is 295 g/mol. The summed E-state index contributed by atoms with van der Waals surface area (Å²) in [6, 6.07) is 3.31. The summed E-state index contributed by atoms with van der Waals surface area (Å²) in [6.07, 6.45) is 2.95. The van der Waals surface area contributed by atoms with Gasteiger partial charge in [-0.15, -0.1) is 4.83 Å². The maximum atomic E-state index is 13.3. The smallest absolute Gasteiger partial charge is 0.254 e. The van der Waals surface area contributed by atoms with Gasteiger partial charge >= 0.3 is 0 Å². The molecule has 7 heteroatoms. The van der Waals surface area contributed by atoms with Gasteiger partial charge in [-0.1, -0.05) is 18.3 Å². The highest BCUT2D eigenvalue weighted by Gasteiger charge is 2.22. The summed E-state index contributed by atoms with van der Waals surface area (Å²) in [6.45, 7) is 0.881. The lowest BCUT2D eigenvalue weighted by Gasteiger charge is -2.26. The quantitative estimate of drug-likeness (QED) is 0.812. The first-order valence-corrected chi connectivity index (χ1v) is 8.18. The van der Waals surface area contributed by atoms with Gasteiger partial charge in [0.25, 0.3) is 10.0 Å². The van der Waals surface area contributed by atoms with Crippen molar-refractivity contribution in [3.05, 3.63) is 29.6 Å². The Morgan fingerprint density at radius 3 is 2.67 bits per heavy atom. The van der Waals surface area contributed by atoms with E-state index in [4.69, 9.17) is 5.11 Å². The third-order valence-electron chi connectivity index (χ3n) is 3.14. The number of piperidine rings is 1. The SMILES string of the molecule is O=S(=O)(NN1CCCCC1)c1ccc(F)cc1C#CCO. The van der Waals surface area contributed by atoms with Crippen LogP contribution in [0.4, 0.5) is 4.39 Å². The van der Waals surface area contributed by atoms with E-state index in [1.807, 2.05) is 0 Å². The molecule has 0 amide bonds. The number of aliphatic hydroxyl groups excluding tert-OH is 1. The lowest BCUT2D eigenvalue weighted by atomic mass is 10.2. The molecule has 0 atom stereocenters. The summed E-state index contributed by atoms with van der Waals surface area (Å²) in [5, 5.41) is 10.4. The van der Waals surface area contributed by atoms with Gasteiger partial charge in [0.05, 0.1) is 4.90 Å². The first-order valence-electron chi connectivity index (χ1n) is 6.69. The van der Waals surface area contributed by atoms with Crippen LogP contribution in [-0.2, 0) is 10.0 Å². The molecule has 1 aliphatic rings. The van der Waals surface area contributed by atoms with Crippen molar-refractivity contribution in [2.24, 2.45) is 0 Å². The molecule has 1 heterocycles. The number of benzene rings is 1. The van der Waals surface area contributed by atoms with Crippen LogP contribution in [0.2, 0.25) is 0 Å². The first kappa shape index (κ1) is 15.9. The molecule has 0 unspecified atom stereocenters. The Balaban J connectivity index is 2.30. The molecular formula is C14H17FN2O3S. The fraction of sp³-hybridized carbons (Fsp3) is 0.429. The second-order valence-electron chi connectivity index (χ2n) is 4.74. The average Bonchev–Trinajstić information content (AvgIpc) is 2.45. The van der Waals surface area contributed by atoms with E-state index in [1.165, 1.54) is 6.07 Å². The summed E-state index contributed by atoms with van der Waals surface area (Å²) >= 11 is 0. The number of hydrazine groups is 1. The second-order valence-corrected chi connectivity index (χ2v) is 6.37. The summed E-state index contributed by atoms with van der Waals surface area (Å²) in [4.78, 5) is 2.41. The number of rotatable bonds is 3. The van der Waals surface area contributed by atoms with E-state index in [1.54, 1.807) is 5.01 Å². The zero-order valence-corrected chi connectivity index (χ0v) is 12.3. The van der Waals surface area contributed by atoms with E-state index in [-0.39, 0.29) is 10.5 Å². The molecule has 0 saturated carbocycles. The van der Waals surface area contributed by atoms with Gasteiger partial charge in [0.15, 0.2) is 0 Å². The van der Waals surface area contributed by atoms with E-state index in [9.17, 15) is 12.8 Å². The maximum Gasteiger partial charge on any atom is 0.254 e. The van der Waals surface area contributed by atoms with Crippen LogP contribution in [0.1, 0.15) is 24.8 Å². The van der Waals surface area contributed by atoms with Crippen molar-refractivity contribution < 1.29 is 17.9 Å². The number of hydrogen-bond donors (Lipinski definition) is 2. The van der Waals surface area contributed by atoms with Gasteiger partial charge in [0, 0.05) is 18.7 Å². The number of nitrogens with one attached hydrogen (secondary N) is 1. The Hall–Kier alpha value is -1.46. The largest absolute Gasteiger partial charge is 0.384 e. The van der Waals surface area contributed by atoms with E-state index >= 15 is 0 Å². The van der Waals surface area contributed by atoms with E-state index in [2.05, 4.69) is 16.7 Å². The zero-order valence-electron chi connectivity index (χ0n) is 11.5. The van der Waals surface area contributed by atoms with Crippen molar-refractivity contribution >= 4 is 10.0 Å². The minimum atomic E-state index is -3.81. The topological polar surface area (TPSA) is 69.6 Å². The van der Waals surface area contributed by atoms with Crippen molar-refractivity contribution in [3.63, 3.8) is 0 Å². The standard InChI is InChI=1S/C14H17FN2O3S/c15-13-6-7-14(12(11-13)5-4-10-18)21(19,20)16-17-8-2-1-3-9-17/h6-7,11,16,18H,1-3,8-10H2. The number of hydrogen-bond acceptors (Lipinski definition) is 4. The fourth-order valence-electron chi connectivity index (χ4n) is 2.17. The molecule has 0 bridgehead atoms. The highest BCUT2D eigenvalue weighted by molar-refractivity contribution is 7.89. The summed E-state index contributed by atoms with van der Waals surface area (Å²) in [7, 11) is -3.81. The summed E-state index contributed by atoms with van der Waals surface area (Å²) < 4.78 is 38.0. The van der Waals surface area contributed by atoms with Crippen LogP contribution in [0.15, 0.2) is 23.1 Å². The molecule has 0 radical (unpaired) electrons. The normalized spacial score (nSPS) is 16.3. The third-order valence-corrected chi connectivity index (χ3v) is 4.57. The van der Waals surface area contributed by atoms with Crippen molar-refractivity contribution in [1.82, 2.24) is 9.84 Å². The molecule has 2 N–H and O–H groups in total. The summed E-state index contributed by atoms with van der Waals surface area (Å²) in [5.74, 6) is 4.24. The Labute approximate surface area is 123 Å². The van der Waals surface area contributed by atoms with Crippen LogP contribution in [0, 0.1) is 17.7 Å². The zero-order chi connectivity index (χ0) is 15.3. The molecule has 5 nitrogen and oxygen atoms in total. The molecule has 1 aromatic rings. The monoisotopic (exact) mass is 312 g/mol. The Morgan fingerprint density at radius 2 is 2.00 bits per heavy atom. The van der Waals surface area contributed by atoms with Gasteiger partial charge in [-0.3, -0.25) is 0 Å². The van der Waals surface area contributed by atoms with Crippen LogP contribution in [0.5, 0.6) is 0 Å². The van der Waals surface area contributed by atoms with E-state index in [0.717, 1.165) is 31.4 Å². The Morgan fingerprint density at radius 1 is 1.29 bits per heavy atom. The van der Waals surface area contributed by atoms with Gasteiger partial charge < -0.3 is 5.11 Å². The number of halogens is 1. The average molecular weight is 312 g/mol. The molecule has 0 spiro atoms. The highest BCUT2D eigenvalue weighted by Crippen LogP contribution is 2.17. The number of nitrogens with zero attached hydrogens (tertiary/aromatic N) is 1. The lowest BCUT2D eigenvalue weighted by Crippen LogP contribution is -2.45. The fourth-order valence-corrected chi connectivity index (χ4v) is 3.44. The Bertz CT molecular complexity index is 659. The molecule has 1 aliphatic heterocycles. The molecule has 2 rings (SSSR count). The minimum Gasteiger partial charge on any atom is -0.384 e. The lowest BCUT2D eigenvalue weighted by molar-refractivity contribution is 0.200. The van der Waals surface area contributed by atoms with Gasteiger partial charge in [0.1, 0.15) is 12.4 Å². The van der Waals surface area contributed by atoms with Crippen molar-refractivity contribution in [1.29, 1.82) is 0 Å². The predicted octanol–water partition coefficient (Wildman–Crippen LogP) is 0.849. The molecule has 1 fully saturated rings. The van der Waals surface area contributed by atoms with Crippen molar-refractivity contribution in [2.75, 3.05) is 19.7 Å². The molecule has 0 aromatic heterocycles. The van der Waals surface area contributed by atoms with Crippen LogP contribution in [0.25, 0.3) is 0 Å². The van der Waals surface area contributed by atoms with Crippen LogP contribution >= 0.6 is 0 Å². The Kier molecular flexibility index (Phi) is 5.31. The highest BCUT2D eigenvalue weighted by atomic mass is 32.2.